The predicted octanol–water partition coefficient (Wildman–Crippen LogP) is 5.00. The van der Waals surface area contributed by atoms with E-state index in [1.807, 2.05) is 0 Å². The molecule has 0 aliphatic heterocycles. The van der Waals surface area contributed by atoms with Gasteiger partial charge in [-0.2, -0.15) is 0 Å². The van der Waals surface area contributed by atoms with E-state index < -0.39 is 0 Å². The Balaban J connectivity index is 1.92. The molecule has 0 saturated carbocycles. The number of hydrogen-bond acceptors (Lipinski definition) is 1. The first-order chi connectivity index (χ1) is 10.2. The largest absolute Gasteiger partial charge is 0.310 e. The fourth-order valence-electron chi connectivity index (χ4n) is 2.55. The highest BCUT2D eigenvalue weighted by molar-refractivity contribution is 5.87. The van der Waals surface area contributed by atoms with E-state index in [4.69, 9.17) is 0 Å². The topological polar surface area (TPSA) is 12.0 Å². The van der Waals surface area contributed by atoms with Crippen LogP contribution in [0.15, 0.2) is 66.7 Å². The Hall–Kier alpha value is -2.12. The predicted molar refractivity (Wildman–Crippen MR) is 91.4 cm³/mol. The molecular weight excluding hydrogens is 254 g/mol. The fraction of sp³-hybridized carbons (Fsp3) is 0.200. The summed E-state index contributed by atoms with van der Waals surface area (Å²) in [6.45, 7) is 5.26. The number of nitrogens with one attached hydrogen (secondary N) is 1. The zero-order chi connectivity index (χ0) is 14.7. The summed E-state index contributed by atoms with van der Waals surface area (Å²) in [5.41, 5.74) is 3.89. The van der Waals surface area contributed by atoms with Gasteiger partial charge in [-0.25, -0.2) is 0 Å². The maximum atomic E-state index is 3.47. The average Bonchev–Trinajstić information content (AvgIpc) is 2.53. The first-order valence-corrected chi connectivity index (χ1v) is 7.54. The molecule has 0 radical (unpaired) electrons. The lowest BCUT2D eigenvalue weighted by Gasteiger charge is -2.10. The van der Waals surface area contributed by atoms with Crippen molar-refractivity contribution in [2.24, 2.45) is 0 Å². The minimum absolute atomic E-state index is 0.509. The van der Waals surface area contributed by atoms with Crippen molar-refractivity contribution >= 4 is 10.8 Å². The summed E-state index contributed by atoms with van der Waals surface area (Å²) >= 11 is 0. The highest BCUT2D eigenvalue weighted by Crippen LogP contribution is 2.25. The highest BCUT2D eigenvalue weighted by Gasteiger charge is 2.02. The van der Waals surface area contributed by atoms with Gasteiger partial charge in [0.1, 0.15) is 0 Å². The molecular formula is C20H21N. The molecule has 0 spiro atoms. The Bertz CT molecular complexity index is 743. The molecule has 0 saturated heterocycles. The Morgan fingerprint density at radius 3 is 2.33 bits per heavy atom. The lowest BCUT2D eigenvalue weighted by atomic mass is 10.00. The molecule has 106 valence electrons. The van der Waals surface area contributed by atoms with Gasteiger partial charge in [-0.05, 0) is 39.6 Å². The molecule has 0 bridgehead atoms. The van der Waals surface area contributed by atoms with Gasteiger partial charge in [-0.1, -0.05) is 68.4 Å². The highest BCUT2D eigenvalue weighted by atomic mass is 14.9. The first kappa shape index (κ1) is 13.8. The molecule has 3 rings (SSSR count). The van der Waals surface area contributed by atoms with Gasteiger partial charge in [0, 0.05) is 12.6 Å². The van der Waals surface area contributed by atoms with Crippen LogP contribution in [0, 0.1) is 0 Å². The molecule has 21 heavy (non-hydrogen) atoms. The number of rotatable bonds is 4. The van der Waals surface area contributed by atoms with Crippen LogP contribution in [-0.2, 0) is 6.54 Å². The zero-order valence-corrected chi connectivity index (χ0v) is 12.6. The second kappa shape index (κ2) is 6.11. The van der Waals surface area contributed by atoms with E-state index in [1.165, 1.54) is 27.5 Å². The molecule has 1 nitrogen and oxygen atoms in total. The normalized spacial score (nSPS) is 11.2. The van der Waals surface area contributed by atoms with Gasteiger partial charge < -0.3 is 5.32 Å². The van der Waals surface area contributed by atoms with E-state index in [-0.39, 0.29) is 0 Å². The lowest BCUT2D eigenvalue weighted by molar-refractivity contribution is 0.589. The standard InChI is InChI=1S/C20H21N/c1-15(2)21-14-16-6-5-9-18(12-16)20-11-10-17-7-3-4-8-19(17)13-20/h3-13,15,21H,14H2,1-2H3. The van der Waals surface area contributed by atoms with Gasteiger partial charge in [0.25, 0.3) is 0 Å². The van der Waals surface area contributed by atoms with Crippen LogP contribution < -0.4 is 5.32 Å². The lowest BCUT2D eigenvalue weighted by Crippen LogP contribution is -2.21. The molecule has 0 aromatic heterocycles. The van der Waals surface area contributed by atoms with Gasteiger partial charge in [-0.15, -0.1) is 0 Å². The van der Waals surface area contributed by atoms with E-state index in [9.17, 15) is 0 Å². The van der Waals surface area contributed by atoms with E-state index in [1.54, 1.807) is 0 Å². The SMILES string of the molecule is CC(C)NCc1cccc(-c2ccc3ccccc3c2)c1. The molecule has 1 heteroatoms. The minimum atomic E-state index is 0.509. The van der Waals surface area contributed by atoms with Gasteiger partial charge in [0.2, 0.25) is 0 Å². The quantitative estimate of drug-likeness (QED) is 0.706. The number of hydrogen-bond donors (Lipinski definition) is 1. The van der Waals surface area contributed by atoms with Gasteiger partial charge in [0.05, 0.1) is 0 Å². The number of benzene rings is 3. The smallest absolute Gasteiger partial charge is 0.0208 e. The Kier molecular flexibility index (Phi) is 4.03. The minimum Gasteiger partial charge on any atom is -0.310 e. The van der Waals surface area contributed by atoms with Crippen molar-refractivity contribution in [2.75, 3.05) is 0 Å². The van der Waals surface area contributed by atoms with Gasteiger partial charge in [-0.3, -0.25) is 0 Å². The van der Waals surface area contributed by atoms with Crippen LogP contribution in [0.5, 0.6) is 0 Å². The summed E-state index contributed by atoms with van der Waals surface area (Å²) in [4.78, 5) is 0. The van der Waals surface area contributed by atoms with Crippen LogP contribution >= 0.6 is 0 Å². The van der Waals surface area contributed by atoms with Crippen LogP contribution in [-0.4, -0.2) is 6.04 Å². The van der Waals surface area contributed by atoms with E-state index >= 15 is 0 Å². The fourth-order valence-corrected chi connectivity index (χ4v) is 2.55. The maximum Gasteiger partial charge on any atom is 0.0208 e. The summed E-state index contributed by atoms with van der Waals surface area (Å²) in [6, 6.07) is 24.5. The van der Waals surface area contributed by atoms with Crippen LogP contribution in [0.4, 0.5) is 0 Å². The Morgan fingerprint density at radius 1 is 0.762 bits per heavy atom. The molecule has 0 aliphatic rings. The molecule has 0 amide bonds. The molecule has 3 aromatic carbocycles. The molecule has 3 aromatic rings. The zero-order valence-electron chi connectivity index (χ0n) is 12.6. The van der Waals surface area contributed by atoms with Crippen molar-refractivity contribution in [3.63, 3.8) is 0 Å². The molecule has 1 N–H and O–H groups in total. The first-order valence-electron chi connectivity index (χ1n) is 7.54. The molecule has 0 heterocycles. The Labute approximate surface area is 126 Å². The summed E-state index contributed by atoms with van der Waals surface area (Å²) in [7, 11) is 0. The van der Waals surface area contributed by atoms with Crippen LogP contribution in [0.1, 0.15) is 19.4 Å². The van der Waals surface area contributed by atoms with Crippen molar-refractivity contribution < 1.29 is 0 Å². The summed E-state index contributed by atoms with van der Waals surface area (Å²) in [6.07, 6.45) is 0. The summed E-state index contributed by atoms with van der Waals surface area (Å²) in [5, 5.41) is 6.05. The number of fused-ring (bicyclic) bond motifs is 1. The van der Waals surface area contributed by atoms with Crippen LogP contribution in [0.3, 0.4) is 0 Å². The third kappa shape index (κ3) is 3.32. The summed E-state index contributed by atoms with van der Waals surface area (Å²) < 4.78 is 0. The van der Waals surface area contributed by atoms with Gasteiger partial charge in [0.15, 0.2) is 0 Å². The van der Waals surface area contributed by atoms with Crippen molar-refractivity contribution in [1.29, 1.82) is 0 Å². The Morgan fingerprint density at radius 2 is 1.52 bits per heavy atom. The van der Waals surface area contributed by atoms with Crippen molar-refractivity contribution in [1.82, 2.24) is 5.32 Å². The monoisotopic (exact) mass is 275 g/mol. The van der Waals surface area contributed by atoms with E-state index in [2.05, 4.69) is 85.9 Å². The molecule has 0 fully saturated rings. The molecule has 0 atom stereocenters. The summed E-state index contributed by atoms with van der Waals surface area (Å²) in [5.74, 6) is 0. The van der Waals surface area contributed by atoms with E-state index in [0.717, 1.165) is 6.54 Å². The average molecular weight is 275 g/mol. The molecule has 0 unspecified atom stereocenters. The van der Waals surface area contributed by atoms with Crippen LogP contribution in [0.25, 0.3) is 21.9 Å². The van der Waals surface area contributed by atoms with Crippen molar-refractivity contribution in [3.8, 4) is 11.1 Å². The van der Waals surface area contributed by atoms with Crippen LogP contribution in [0.2, 0.25) is 0 Å². The van der Waals surface area contributed by atoms with Crippen molar-refractivity contribution in [2.45, 2.75) is 26.4 Å². The van der Waals surface area contributed by atoms with E-state index in [0.29, 0.717) is 6.04 Å². The second-order valence-electron chi connectivity index (χ2n) is 5.80. The maximum absolute atomic E-state index is 3.47. The van der Waals surface area contributed by atoms with Gasteiger partial charge >= 0.3 is 0 Å². The molecule has 0 aliphatic carbocycles. The third-order valence-electron chi connectivity index (χ3n) is 3.72. The third-order valence-corrected chi connectivity index (χ3v) is 3.72. The second-order valence-corrected chi connectivity index (χ2v) is 5.80. The van der Waals surface area contributed by atoms with Crippen molar-refractivity contribution in [3.05, 3.63) is 72.3 Å².